The van der Waals surface area contributed by atoms with Gasteiger partial charge in [0.2, 0.25) is 0 Å². The molecular formula is C23H21N3O3. The van der Waals surface area contributed by atoms with E-state index >= 15 is 0 Å². The smallest absolute Gasteiger partial charge is 0.270 e. The van der Waals surface area contributed by atoms with Gasteiger partial charge in [-0.1, -0.05) is 30.3 Å². The number of hydrogen-bond acceptors (Lipinski definition) is 4. The molecule has 2 bridgehead atoms. The number of nitro benzene ring substituents is 1. The molecule has 0 unspecified atom stereocenters. The molecule has 29 heavy (non-hydrogen) atoms. The molecule has 3 aliphatic heterocycles. The highest BCUT2D eigenvalue weighted by molar-refractivity contribution is 6.04. The van der Waals surface area contributed by atoms with Gasteiger partial charge < -0.3 is 9.47 Å². The Morgan fingerprint density at radius 3 is 2.55 bits per heavy atom. The molecule has 0 radical (unpaired) electrons. The minimum absolute atomic E-state index is 0.0615. The van der Waals surface area contributed by atoms with E-state index in [4.69, 9.17) is 0 Å². The Labute approximate surface area is 168 Å². The van der Waals surface area contributed by atoms with Crippen LogP contribution in [0, 0.1) is 16.0 Å². The molecule has 0 amide bonds. The largest absolute Gasteiger partial charge is 0.369 e. The Morgan fingerprint density at radius 2 is 1.86 bits per heavy atom. The number of carbonyl (C=O) groups excluding carboxylic acids is 1. The number of non-ortho nitro benzene ring substituents is 1. The summed E-state index contributed by atoms with van der Waals surface area (Å²) in [5.74, 6) is 0.329. The maximum absolute atomic E-state index is 12.8. The number of benzene rings is 2. The Balaban J connectivity index is 1.63. The van der Waals surface area contributed by atoms with Gasteiger partial charge in [0.25, 0.3) is 5.69 Å². The number of piperidine rings is 3. The topological polar surface area (TPSA) is 68.4 Å². The molecule has 3 aliphatic rings. The van der Waals surface area contributed by atoms with Crippen LogP contribution in [-0.2, 0) is 11.3 Å². The molecule has 0 saturated carbocycles. The van der Waals surface area contributed by atoms with E-state index < -0.39 is 0 Å². The summed E-state index contributed by atoms with van der Waals surface area (Å²) >= 11 is 0. The lowest BCUT2D eigenvalue weighted by Gasteiger charge is -2.41. The summed E-state index contributed by atoms with van der Waals surface area (Å²) in [6, 6.07) is 15.1. The van der Waals surface area contributed by atoms with Gasteiger partial charge in [0, 0.05) is 60.3 Å². The van der Waals surface area contributed by atoms with Gasteiger partial charge in [-0.05, 0) is 30.5 Å². The van der Waals surface area contributed by atoms with Crippen molar-refractivity contribution in [3.8, 4) is 0 Å². The number of ketones is 1. The molecule has 146 valence electrons. The lowest BCUT2D eigenvalue weighted by molar-refractivity contribution is -0.384. The number of nitrogens with zero attached hydrogens (tertiary/aromatic N) is 3. The fourth-order valence-electron chi connectivity index (χ4n) is 4.51. The number of rotatable bonds is 4. The van der Waals surface area contributed by atoms with Gasteiger partial charge >= 0.3 is 0 Å². The molecular weight excluding hydrogens is 366 g/mol. The molecule has 3 aromatic rings. The standard InChI is InChI=1S/C23H21N3O3/c27-23-17-8-10-24(11-9-17)22(23)12-18-15-25(14-16-4-2-1-3-5-16)21-7-6-19(26(28)29)13-20(18)21/h1-7,12-13,15,17H,8-11,14H2/b22-12-. The molecule has 1 aromatic heterocycles. The first-order chi connectivity index (χ1) is 14.1. The molecule has 4 heterocycles. The highest BCUT2D eigenvalue weighted by atomic mass is 16.6. The summed E-state index contributed by atoms with van der Waals surface area (Å²) in [6.07, 6.45) is 5.79. The predicted molar refractivity (Wildman–Crippen MR) is 111 cm³/mol. The van der Waals surface area contributed by atoms with Crippen molar-refractivity contribution >= 4 is 28.4 Å². The van der Waals surface area contributed by atoms with Gasteiger partial charge in [-0.15, -0.1) is 0 Å². The van der Waals surface area contributed by atoms with Crippen molar-refractivity contribution in [1.29, 1.82) is 0 Å². The predicted octanol–water partition coefficient (Wildman–Crippen LogP) is 4.23. The number of allylic oxidation sites excluding steroid dienone is 1. The first-order valence-corrected chi connectivity index (χ1v) is 9.92. The third-order valence-electron chi connectivity index (χ3n) is 6.05. The van der Waals surface area contributed by atoms with Crippen LogP contribution in [0.15, 0.2) is 60.4 Å². The Hall–Kier alpha value is -3.41. The van der Waals surface area contributed by atoms with E-state index in [1.807, 2.05) is 30.5 Å². The molecule has 0 spiro atoms. The molecule has 2 aromatic carbocycles. The van der Waals surface area contributed by atoms with Crippen molar-refractivity contribution in [3.05, 3.63) is 81.7 Å². The molecule has 6 nitrogen and oxygen atoms in total. The summed E-state index contributed by atoms with van der Waals surface area (Å²) in [7, 11) is 0. The van der Waals surface area contributed by atoms with E-state index in [0.717, 1.165) is 53.7 Å². The maximum Gasteiger partial charge on any atom is 0.270 e. The van der Waals surface area contributed by atoms with Crippen LogP contribution in [0.5, 0.6) is 0 Å². The Kier molecular flexibility index (Phi) is 4.19. The fourth-order valence-corrected chi connectivity index (χ4v) is 4.51. The average molecular weight is 387 g/mol. The highest BCUT2D eigenvalue weighted by Crippen LogP contribution is 2.34. The van der Waals surface area contributed by atoms with Crippen LogP contribution in [-0.4, -0.2) is 33.3 Å². The van der Waals surface area contributed by atoms with E-state index in [9.17, 15) is 14.9 Å². The fraction of sp³-hybridized carbons (Fsp3) is 0.261. The van der Waals surface area contributed by atoms with Crippen LogP contribution >= 0.6 is 0 Å². The van der Waals surface area contributed by atoms with Crippen LogP contribution in [0.1, 0.15) is 24.0 Å². The van der Waals surface area contributed by atoms with Crippen LogP contribution in [0.2, 0.25) is 0 Å². The van der Waals surface area contributed by atoms with Crippen LogP contribution in [0.4, 0.5) is 5.69 Å². The number of nitro groups is 1. The van der Waals surface area contributed by atoms with Crippen LogP contribution in [0.3, 0.4) is 0 Å². The number of aromatic nitrogens is 1. The molecule has 6 rings (SSSR count). The van der Waals surface area contributed by atoms with Gasteiger partial charge in [0.1, 0.15) is 0 Å². The minimum atomic E-state index is -0.373. The van der Waals surface area contributed by atoms with E-state index in [1.165, 1.54) is 6.07 Å². The maximum atomic E-state index is 12.8. The summed E-state index contributed by atoms with van der Waals surface area (Å²) in [4.78, 5) is 25.9. The average Bonchev–Trinajstić information content (AvgIpc) is 3.08. The van der Waals surface area contributed by atoms with Crippen molar-refractivity contribution in [2.45, 2.75) is 19.4 Å². The van der Waals surface area contributed by atoms with Gasteiger partial charge in [-0.25, -0.2) is 0 Å². The Bertz CT molecular complexity index is 1140. The van der Waals surface area contributed by atoms with Gasteiger partial charge in [0.15, 0.2) is 5.78 Å². The van der Waals surface area contributed by atoms with E-state index in [1.54, 1.807) is 12.1 Å². The van der Waals surface area contributed by atoms with E-state index in [2.05, 4.69) is 21.6 Å². The van der Waals surface area contributed by atoms with Crippen molar-refractivity contribution in [2.24, 2.45) is 5.92 Å². The van der Waals surface area contributed by atoms with Crippen molar-refractivity contribution < 1.29 is 9.72 Å². The van der Waals surface area contributed by atoms with Gasteiger partial charge in [-0.3, -0.25) is 14.9 Å². The lowest BCUT2D eigenvalue weighted by atomic mass is 9.84. The molecule has 6 heteroatoms. The first kappa shape index (κ1) is 17.7. The second kappa shape index (κ2) is 6.88. The normalized spacial score (nSPS) is 18.1. The quantitative estimate of drug-likeness (QED) is 0.382. The highest BCUT2D eigenvalue weighted by Gasteiger charge is 2.36. The summed E-state index contributed by atoms with van der Waals surface area (Å²) in [5, 5.41) is 12.1. The van der Waals surface area contributed by atoms with Crippen LogP contribution in [0.25, 0.3) is 17.0 Å². The van der Waals surface area contributed by atoms with Crippen molar-refractivity contribution in [1.82, 2.24) is 9.47 Å². The molecule has 0 aliphatic carbocycles. The molecule has 3 fully saturated rings. The Morgan fingerprint density at radius 1 is 1.10 bits per heavy atom. The van der Waals surface area contributed by atoms with E-state index in [-0.39, 0.29) is 22.3 Å². The zero-order valence-corrected chi connectivity index (χ0v) is 16.0. The van der Waals surface area contributed by atoms with Crippen molar-refractivity contribution in [3.63, 3.8) is 0 Å². The summed E-state index contributed by atoms with van der Waals surface area (Å²) in [5.41, 5.74) is 3.74. The summed E-state index contributed by atoms with van der Waals surface area (Å²) in [6.45, 7) is 2.48. The zero-order valence-electron chi connectivity index (χ0n) is 16.0. The second-order valence-electron chi connectivity index (χ2n) is 7.81. The van der Waals surface area contributed by atoms with Crippen LogP contribution < -0.4 is 0 Å². The van der Waals surface area contributed by atoms with E-state index in [0.29, 0.717) is 6.54 Å². The molecule has 0 atom stereocenters. The number of Topliss-reactive ketones (excluding diaryl/α,β-unsaturated/α-hetero) is 1. The first-order valence-electron chi connectivity index (χ1n) is 9.92. The zero-order chi connectivity index (χ0) is 20.0. The lowest BCUT2D eigenvalue weighted by Crippen LogP contribution is -2.45. The number of fused-ring (bicyclic) bond motifs is 4. The molecule has 0 N–H and O–H groups in total. The summed E-state index contributed by atoms with van der Waals surface area (Å²) < 4.78 is 2.10. The van der Waals surface area contributed by atoms with Gasteiger partial charge in [0.05, 0.1) is 10.6 Å². The second-order valence-corrected chi connectivity index (χ2v) is 7.81. The number of carbonyl (C=O) groups is 1. The minimum Gasteiger partial charge on any atom is -0.369 e. The SMILES string of the molecule is O=C1/C(=C/c2cn(Cc3ccccc3)c3ccc([N+](=O)[O-])cc23)N2CCC1CC2. The molecule has 3 saturated heterocycles. The van der Waals surface area contributed by atoms with Gasteiger partial charge in [-0.2, -0.15) is 0 Å². The third-order valence-corrected chi connectivity index (χ3v) is 6.05. The monoisotopic (exact) mass is 387 g/mol. The van der Waals surface area contributed by atoms with Crippen molar-refractivity contribution in [2.75, 3.05) is 13.1 Å². The third kappa shape index (κ3) is 3.10. The number of hydrogen-bond donors (Lipinski definition) is 0.